The van der Waals surface area contributed by atoms with Crippen LogP contribution in [-0.2, 0) is 11.3 Å². The third-order valence-electron chi connectivity index (χ3n) is 4.84. The van der Waals surface area contributed by atoms with Crippen LogP contribution >= 0.6 is 0 Å². The maximum Gasteiger partial charge on any atom is 0.348 e. The van der Waals surface area contributed by atoms with Gasteiger partial charge in [-0.15, -0.1) is 0 Å². The minimum atomic E-state index is -1.37. The number of carboxylic acids is 1. The molecule has 2 aromatic rings. The zero-order chi connectivity index (χ0) is 19.4. The molecule has 1 fully saturated rings. The second kappa shape index (κ2) is 7.92. The molecule has 0 radical (unpaired) electrons. The topological polar surface area (TPSA) is 59.0 Å². The maximum atomic E-state index is 13.9. The van der Waals surface area contributed by atoms with Crippen LogP contribution in [0.15, 0.2) is 42.5 Å². The normalized spacial score (nSPS) is 16.7. The van der Waals surface area contributed by atoms with Crippen LogP contribution < -0.4 is 9.47 Å². The highest BCUT2D eigenvalue weighted by Gasteiger charge is 2.44. The number of aliphatic carboxylic acids is 1. The molecule has 1 heterocycles. The molecule has 1 saturated heterocycles. The Morgan fingerprint density at radius 3 is 2.41 bits per heavy atom. The van der Waals surface area contributed by atoms with Gasteiger partial charge in [-0.25, -0.2) is 13.6 Å². The number of carbonyl (C=O) groups is 1. The largest absolute Gasteiger partial charge is 0.493 e. The van der Waals surface area contributed by atoms with Crippen molar-refractivity contribution >= 4 is 5.97 Å². The molecule has 0 saturated carbocycles. The second-order valence-corrected chi connectivity index (χ2v) is 6.56. The third-order valence-corrected chi connectivity index (χ3v) is 4.84. The van der Waals surface area contributed by atoms with Crippen LogP contribution in [0.2, 0.25) is 0 Å². The fourth-order valence-electron chi connectivity index (χ4n) is 3.24. The van der Waals surface area contributed by atoms with Crippen LogP contribution in [0.1, 0.15) is 18.4 Å². The number of ether oxygens (including phenoxy) is 2. The lowest BCUT2D eigenvalue weighted by Crippen LogP contribution is -2.53. The molecule has 7 heteroatoms. The number of methoxy groups -OCH3 is 1. The average Bonchev–Trinajstić information content (AvgIpc) is 2.66. The number of benzene rings is 2. The molecule has 1 N–H and O–H groups in total. The van der Waals surface area contributed by atoms with E-state index in [0.717, 1.165) is 6.07 Å². The lowest BCUT2D eigenvalue weighted by molar-refractivity contribution is -0.160. The summed E-state index contributed by atoms with van der Waals surface area (Å²) in [6.07, 6.45) is 0.479. The van der Waals surface area contributed by atoms with Gasteiger partial charge in [-0.2, -0.15) is 0 Å². The van der Waals surface area contributed by atoms with E-state index in [-0.39, 0.29) is 19.4 Å². The summed E-state index contributed by atoms with van der Waals surface area (Å²) in [6.45, 7) is 1.12. The summed E-state index contributed by atoms with van der Waals surface area (Å²) in [7, 11) is 1.50. The summed E-state index contributed by atoms with van der Waals surface area (Å²) in [5, 5.41) is 9.78. The van der Waals surface area contributed by atoms with Crippen molar-refractivity contribution in [3.63, 3.8) is 0 Å². The molecule has 27 heavy (non-hydrogen) atoms. The van der Waals surface area contributed by atoms with Crippen molar-refractivity contribution in [3.8, 4) is 11.5 Å². The van der Waals surface area contributed by atoms with Crippen molar-refractivity contribution in [3.05, 3.63) is 59.7 Å². The lowest BCUT2D eigenvalue weighted by Gasteiger charge is -2.39. The quantitative estimate of drug-likeness (QED) is 0.835. The molecular weight excluding hydrogens is 356 g/mol. The van der Waals surface area contributed by atoms with Crippen molar-refractivity contribution in [2.75, 3.05) is 20.2 Å². The first-order valence-corrected chi connectivity index (χ1v) is 8.65. The molecule has 3 rings (SSSR count). The lowest BCUT2D eigenvalue weighted by atomic mass is 9.90. The van der Waals surface area contributed by atoms with Gasteiger partial charge >= 0.3 is 5.97 Å². The average molecular weight is 377 g/mol. The van der Waals surface area contributed by atoms with Crippen LogP contribution in [0.3, 0.4) is 0 Å². The molecule has 0 bridgehead atoms. The zero-order valence-corrected chi connectivity index (χ0v) is 15.0. The predicted molar refractivity (Wildman–Crippen MR) is 94.9 cm³/mol. The van der Waals surface area contributed by atoms with E-state index in [2.05, 4.69) is 0 Å². The van der Waals surface area contributed by atoms with Gasteiger partial charge in [0.1, 0.15) is 11.6 Å². The number of rotatable bonds is 6. The fourth-order valence-corrected chi connectivity index (χ4v) is 3.24. The zero-order valence-electron chi connectivity index (χ0n) is 15.0. The number of halogens is 2. The van der Waals surface area contributed by atoms with Gasteiger partial charge in [0, 0.05) is 44.1 Å². The smallest absolute Gasteiger partial charge is 0.348 e. The molecule has 5 nitrogen and oxygen atoms in total. The minimum absolute atomic E-state index is 0.239. The van der Waals surface area contributed by atoms with Crippen molar-refractivity contribution in [1.29, 1.82) is 0 Å². The Kier molecular flexibility index (Phi) is 5.60. The number of para-hydroxylation sites is 2. The minimum Gasteiger partial charge on any atom is -0.493 e. The molecule has 0 unspecified atom stereocenters. The molecule has 0 amide bonds. The van der Waals surface area contributed by atoms with E-state index in [9.17, 15) is 18.7 Å². The van der Waals surface area contributed by atoms with E-state index in [1.807, 2.05) is 4.90 Å². The first-order chi connectivity index (χ1) is 12.9. The number of carboxylic acid groups (broad SMARTS) is 1. The number of hydrogen-bond donors (Lipinski definition) is 1. The van der Waals surface area contributed by atoms with Crippen molar-refractivity contribution in [1.82, 2.24) is 4.90 Å². The second-order valence-electron chi connectivity index (χ2n) is 6.56. The third kappa shape index (κ3) is 4.19. The van der Waals surface area contributed by atoms with Gasteiger partial charge in [-0.3, -0.25) is 4.90 Å². The van der Waals surface area contributed by atoms with Crippen LogP contribution in [0.25, 0.3) is 0 Å². The van der Waals surface area contributed by atoms with Crippen LogP contribution in [0, 0.1) is 11.6 Å². The molecule has 1 aliphatic rings. The van der Waals surface area contributed by atoms with Gasteiger partial charge in [0.05, 0.1) is 7.11 Å². The summed E-state index contributed by atoms with van der Waals surface area (Å²) in [5.74, 6) is -1.42. The highest BCUT2D eigenvalue weighted by Crippen LogP contribution is 2.35. The number of hydrogen-bond acceptors (Lipinski definition) is 4. The SMILES string of the molecule is COc1ccccc1OC1(C(=O)O)CCN(Cc2ccc(F)cc2F)CC1. The van der Waals surface area contributed by atoms with E-state index < -0.39 is 23.2 Å². The molecule has 0 aliphatic carbocycles. The van der Waals surface area contributed by atoms with Gasteiger partial charge in [0.15, 0.2) is 11.5 Å². The molecule has 0 atom stereocenters. The van der Waals surface area contributed by atoms with Gasteiger partial charge in [0.25, 0.3) is 0 Å². The highest BCUT2D eigenvalue weighted by atomic mass is 19.1. The van der Waals surface area contributed by atoms with E-state index in [1.54, 1.807) is 24.3 Å². The van der Waals surface area contributed by atoms with E-state index in [1.165, 1.54) is 19.2 Å². The highest BCUT2D eigenvalue weighted by molar-refractivity contribution is 5.78. The van der Waals surface area contributed by atoms with E-state index in [4.69, 9.17) is 9.47 Å². The Hall–Kier alpha value is -2.67. The molecular formula is C20H21F2NO4. The maximum absolute atomic E-state index is 13.9. The molecule has 144 valence electrons. The van der Waals surface area contributed by atoms with Crippen molar-refractivity contribution < 1.29 is 28.2 Å². The number of nitrogens with zero attached hydrogens (tertiary/aromatic N) is 1. The van der Waals surface area contributed by atoms with Crippen LogP contribution in [-0.4, -0.2) is 41.8 Å². The summed E-state index contributed by atoms with van der Waals surface area (Å²) in [6, 6.07) is 10.4. The fraction of sp³-hybridized carbons (Fsp3) is 0.350. The predicted octanol–water partition coefficient (Wildman–Crippen LogP) is 3.47. The Bertz CT molecular complexity index is 819. The van der Waals surface area contributed by atoms with Gasteiger partial charge in [-0.05, 0) is 18.2 Å². The Balaban J connectivity index is 1.70. The van der Waals surface area contributed by atoms with Crippen molar-refractivity contribution in [2.24, 2.45) is 0 Å². The van der Waals surface area contributed by atoms with Gasteiger partial charge in [-0.1, -0.05) is 18.2 Å². The first-order valence-electron chi connectivity index (χ1n) is 8.65. The Morgan fingerprint density at radius 1 is 1.15 bits per heavy atom. The van der Waals surface area contributed by atoms with E-state index in [0.29, 0.717) is 30.2 Å². The monoisotopic (exact) mass is 377 g/mol. The van der Waals surface area contributed by atoms with Crippen LogP contribution in [0.5, 0.6) is 11.5 Å². The Labute approximate surface area is 156 Å². The summed E-state index contributed by atoms with van der Waals surface area (Å²) < 4.78 is 38.0. The Morgan fingerprint density at radius 2 is 1.81 bits per heavy atom. The molecule has 1 aliphatic heterocycles. The van der Waals surface area contributed by atoms with Gasteiger partial charge in [0.2, 0.25) is 5.60 Å². The molecule has 0 aromatic heterocycles. The molecule has 0 spiro atoms. The standard InChI is InChI=1S/C20H21F2NO4/c1-26-17-4-2-3-5-18(17)27-20(19(24)25)8-10-23(11-9-20)13-14-6-7-15(21)12-16(14)22/h2-7,12H,8-11,13H2,1H3,(H,24,25). The van der Waals surface area contributed by atoms with Crippen molar-refractivity contribution in [2.45, 2.75) is 25.0 Å². The number of piperidine rings is 1. The van der Waals surface area contributed by atoms with Gasteiger partial charge < -0.3 is 14.6 Å². The molecule has 2 aromatic carbocycles. The number of likely N-dealkylation sites (tertiary alicyclic amines) is 1. The summed E-state index contributed by atoms with van der Waals surface area (Å²) in [4.78, 5) is 13.9. The first kappa shape index (κ1) is 19.1. The van der Waals surface area contributed by atoms with E-state index >= 15 is 0 Å². The summed E-state index contributed by atoms with van der Waals surface area (Å²) >= 11 is 0. The van der Waals surface area contributed by atoms with Crippen LogP contribution in [0.4, 0.5) is 8.78 Å². The summed E-state index contributed by atoms with van der Waals surface area (Å²) in [5.41, 5.74) is -0.989.